The lowest BCUT2D eigenvalue weighted by molar-refractivity contribution is 0.0924. The first-order valence-electron chi connectivity index (χ1n) is 8.96. The fraction of sp³-hybridized carbons (Fsp3) is 0.263. The number of benzene rings is 2. The molecule has 4 rings (SSSR count). The molecule has 2 amide bonds. The van der Waals surface area contributed by atoms with Crippen LogP contribution in [0.3, 0.4) is 0 Å². The van der Waals surface area contributed by atoms with Crippen molar-refractivity contribution in [2.45, 2.75) is 0 Å². The number of nitrogens with zero attached hydrogens (tertiary/aromatic N) is 4. The van der Waals surface area contributed by atoms with E-state index in [2.05, 4.69) is 5.18 Å². The number of piperazine rings is 1. The lowest BCUT2D eigenvalue weighted by Gasteiger charge is -2.34. The Morgan fingerprint density at radius 2 is 1.20 bits per heavy atom. The number of carbonyl (C=O) groups excluding carboxylic acids is 2. The number of halogens is 4. The number of fused-ring (bicyclic) bond motifs is 1. The molecule has 1 saturated heterocycles. The minimum Gasteiger partial charge on any atom is -0.369 e. The summed E-state index contributed by atoms with van der Waals surface area (Å²) in [6.07, 6.45) is 0. The van der Waals surface area contributed by atoms with Crippen LogP contribution >= 0.6 is 0 Å². The van der Waals surface area contributed by atoms with E-state index in [1.165, 1.54) is 12.1 Å². The van der Waals surface area contributed by atoms with Crippen molar-refractivity contribution in [1.29, 1.82) is 0 Å². The Morgan fingerprint density at radius 3 is 1.67 bits per heavy atom. The Morgan fingerprint density at radius 1 is 0.733 bits per heavy atom. The molecule has 2 heterocycles. The molecule has 0 unspecified atom stereocenters. The molecule has 2 aromatic rings. The Kier molecular flexibility index (Phi) is 4.98. The van der Waals surface area contributed by atoms with Crippen LogP contribution in [0.1, 0.15) is 20.7 Å². The molecule has 2 aliphatic rings. The lowest BCUT2D eigenvalue weighted by atomic mass is 10.1. The van der Waals surface area contributed by atoms with Crippen LogP contribution in [0.25, 0.3) is 0 Å². The molecule has 0 aromatic heterocycles. The highest BCUT2D eigenvalue weighted by molar-refractivity contribution is 6.34. The highest BCUT2D eigenvalue weighted by atomic mass is 19.2. The van der Waals surface area contributed by atoms with Gasteiger partial charge in [0.15, 0.2) is 23.3 Å². The molecule has 30 heavy (non-hydrogen) atoms. The second-order valence-electron chi connectivity index (χ2n) is 6.84. The molecule has 11 heteroatoms. The van der Waals surface area contributed by atoms with E-state index in [0.717, 1.165) is 5.69 Å². The molecule has 0 saturated carbocycles. The maximum absolute atomic E-state index is 14.0. The number of carbonyl (C=O) groups is 2. The van der Waals surface area contributed by atoms with Gasteiger partial charge >= 0.3 is 0 Å². The number of nitroso groups, excluding NO2 is 1. The zero-order chi connectivity index (χ0) is 21.6. The van der Waals surface area contributed by atoms with E-state index in [9.17, 15) is 32.1 Å². The van der Waals surface area contributed by atoms with Crippen molar-refractivity contribution >= 4 is 23.2 Å². The van der Waals surface area contributed by atoms with Crippen LogP contribution in [0, 0.1) is 28.2 Å². The highest BCUT2D eigenvalue weighted by Crippen LogP contribution is 2.35. The largest absolute Gasteiger partial charge is 0.369 e. The molecule has 2 aromatic carbocycles. The Labute approximate surface area is 167 Å². The molecular formula is C19H14F4N4O3. The molecule has 0 N–H and O–H groups in total. The van der Waals surface area contributed by atoms with Crippen LogP contribution in [-0.4, -0.2) is 49.6 Å². The molecule has 7 nitrogen and oxygen atoms in total. The van der Waals surface area contributed by atoms with Gasteiger partial charge in [-0.3, -0.25) is 14.5 Å². The topological polar surface area (TPSA) is 73.3 Å². The van der Waals surface area contributed by atoms with Crippen molar-refractivity contribution in [2.24, 2.45) is 5.18 Å². The van der Waals surface area contributed by atoms with Gasteiger partial charge in [0.05, 0.1) is 16.8 Å². The third kappa shape index (κ3) is 3.02. The number of anilines is 2. The lowest BCUT2D eigenvalue weighted by Crippen LogP contribution is -2.46. The van der Waals surface area contributed by atoms with Crippen LogP contribution in [0.15, 0.2) is 29.4 Å². The van der Waals surface area contributed by atoms with Crippen molar-refractivity contribution < 1.29 is 27.2 Å². The van der Waals surface area contributed by atoms with Crippen molar-refractivity contribution in [3.63, 3.8) is 0 Å². The number of hydrogen-bond acceptors (Lipinski definition) is 6. The highest BCUT2D eigenvalue weighted by Gasteiger charge is 2.44. The minimum atomic E-state index is -2.14. The maximum Gasteiger partial charge on any atom is 0.269 e. The van der Waals surface area contributed by atoms with Gasteiger partial charge in [0, 0.05) is 31.9 Å². The fourth-order valence-corrected chi connectivity index (χ4v) is 3.63. The second kappa shape index (κ2) is 7.48. The van der Waals surface area contributed by atoms with E-state index in [-0.39, 0.29) is 12.4 Å². The molecule has 0 bridgehead atoms. The van der Waals surface area contributed by atoms with Gasteiger partial charge in [-0.25, -0.2) is 22.5 Å². The fourth-order valence-electron chi connectivity index (χ4n) is 3.63. The first-order valence-corrected chi connectivity index (χ1v) is 8.96. The zero-order valence-electron chi connectivity index (χ0n) is 15.4. The van der Waals surface area contributed by atoms with E-state index >= 15 is 0 Å². The molecule has 0 atom stereocenters. The normalized spacial score (nSPS) is 16.9. The smallest absolute Gasteiger partial charge is 0.269 e. The Bertz CT molecular complexity index is 1010. The van der Waals surface area contributed by atoms with Gasteiger partial charge in [-0.15, -0.1) is 4.91 Å². The van der Waals surface area contributed by atoms with Crippen LogP contribution in [0.4, 0.5) is 28.9 Å². The van der Waals surface area contributed by atoms with E-state index in [1.807, 2.05) is 9.80 Å². The van der Waals surface area contributed by atoms with Crippen molar-refractivity contribution in [2.75, 3.05) is 42.6 Å². The van der Waals surface area contributed by atoms with Gasteiger partial charge in [-0.05, 0) is 24.3 Å². The summed E-state index contributed by atoms with van der Waals surface area (Å²) in [5.41, 5.74) is -1.47. The van der Waals surface area contributed by atoms with Crippen molar-refractivity contribution in [1.82, 2.24) is 4.90 Å². The summed E-state index contributed by atoms with van der Waals surface area (Å²) in [6, 6.07) is 6.03. The maximum atomic E-state index is 14.0. The first-order chi connectivity index (χ1) is 14.3. The third-order valence-electron chi connectivity index (χ3n) is 5.20. The second-order valence-corrected chi connectivity index (χ2v) is 6.84. The Hall–Kier alpha value is -3.34. The quantitative estimate of drug-likeness (QED) is 0.249. The number of hydrogen-bond donors (Lipinski definition) is 0. The standard InChI is InChI=1S/C19H14F4N4O3/c20-14-12-13(15(21)17(23)16(14)22)19(29)27(18(12)28)11-3-1-10(2-4-11)26-7-5-25(6-8-26)9-24-30/h1-4H,5-9H2. The summed E-state index contributed by atoms with van der Waals surface area (Å²) >= 11 is 0. The number of rotatable bonds is 4. The third-order valence-corrected chi connectivity index (χ3v) is 5.20. The SMILES string of the molecule is O=NCN1CCN(c2ccc(N3C(=O)c4c(F)c(F)c(F)c(F)c4C3=O)cc2)CC1. The van der Waals surface area contributed by atoms with E-state index in [1.54, 1.807) is 12.1 Å². The van der Waals surface area contributed by atoms with Crippen molar-refractivity contribution in [3.05, 3.63) is 63.6 Å². The predicted molar refractivity (Wildman–Crippen MR) is 98.3 cm³/mol. The van der Waals surface area contributed by atoms with Crippen LogP contribution in [0.5, 0.6) is 0 Å². The van der Waals surface area contributed by atoms with Gasteiger partial charge in [0.1, 0.15) is 6.67 Å². The van der Waals surface area contributed by atoms with E-state index in [4.69, 9.17) is 0 Å². The van der Waals surface area contributed by atoms with Crippen LogP contribution in [-0.2, 0) is 0 Å². The molecule has 1 fully saturated rings. The molecule has 0 aliphatic carbocycles. The monoisotopic (exact) mass is 422 g/mol. The number of amides is 2. The summed E-state index contributed by atoms with van der Waals surface area (Å²) in [7, 11) is 0. The first kappa shape index (κ1) is 20.0. The average Bonchev–Trinajstić information content (AvgIpc) is 3.02. The molecular weight excluding hydrogens is 408 g/mol. The molecule has 2 aliphatic heterocycles. The summed E-state index contributed by atoms with van der Waals surface area (Å²) in [6.45, 7) is 2.61. The van der Waals surface area contributed by atoms with Crippen LogP contribution in [0.2, 0.25) is 0 Å². The minimum absolute atomic E-state index is 0.00774. The summed E-state index contributed by atoms with van der Waals surface area (Å²) in [5, 5.41) is 2.86. The van der Waals surface area contributed by atoms with E-state index < -0.39 is 46.2 Å². The summed E-state index contributed by atoms with van der Waals surface area (Å²) in [4.78, 5) is 39.7. The predicted octanol–water partition coefficient (Wildman–Crippen LogP) is 2.89. The van der Waals surface area contributed by atoms with E-state index in [0.29, 0.717) is 31.1 Å². The van der Waals surface area contributed by atoms with Gasteiger partial charge in [0.2, 0.25) is 0 Å². The summed E-state index contributed by atoms with van der Waals surface area (Å²) in [5.74, 6) is -10.6. The van der Waals surface area contributed by atoms with Crippen LogP contribution < -0.4 is 9.80 Å². The number of imide groups is 1. The summed E-state index contributed by atoms with van der Waals surface area (Å²) < 4.78 is 55.1. The average molecular weight is 422 g/mol. The Balaban J connectivity index is 1.59. The van der Waals surface area contributed by atoms with Gasteiger partial charge in [-0.2, -0.15) is 0 Å². The van der Waals surface area contributed by atoms with Gasteiger partial charge < -0.3 is 4.90 Å². The van der Waals surface area contributed by atoms with Gasteiger partial charge in [0.25, 0.3) is 11.8 Å². The molecule has 0 radical (unpaired) electrons. The van der Waals surface area contributed by atoms with Crippen molar-refractivity contribution in [3.8, 4) is 0 Å². The zero-order valence-corrected chi connectivity index (χ0v) is 15.4. The molecule has 0 spiro atoms. The molecule has 156 valence electrons. The van der Waals surface area contributed by atoms with Gasteiger partial charge in [-0.1, -0.05) is 5.18 Å².